The summed E-state index contributed by atoms with van der Waals surface area (Å²) in [5.41, 5.74) is 1.21. The van der Waals surface area contributed by atoms with E-state index in [1.165, 1.54) is 12.1 Å². The van der Waals surface area contributed by atoms with Crippen molar-refractivity contribution in [3.8, 4) is 5.88 Å². The molecular weight excluding hydrogens is 458 g/mol. The maximum atomic E-state index is 14.7. The number of benzene rings is 1. The van der Waals surface area contributed by atoms with Gasteiger partial charge in [-0.05, 0) is 60.9 Å². The molecule has 5 nitrogen and oxygen atoms in total. The average molecular weight is 484 g/mol. The quantitative estimate of drug-likeness (QED) is 0.435. The van der Waals surface area contributed by atoms with Crippen LogP contribution in [0.1, 0.15) is 58.6 Å². The number of piperidine rings is 1. The van der Waals surface area contributed by atoms with Gasteiger partial charge in [0.25, 0.3) is 5.91 Å². The van der Waals surface area contributed by atoms with Crippen molar-refractivity contribution in [2.75, 3.05) is 19.3 Å². The second-order valence-corrected chi connectivity index (χ2v) is 9.03. The lowest BCUT2D eigenvalue weighted by Crippen LogP contribution is -2.38. The minimum atomic E-state index is -4.42. The number of carbonyl (C=O) groups is 1. The normalized spacial score (nSPS) is 17.7. The van der Waals surface area contributed by atoms with Gasteiger partial charge in [-0.2, -0.15) is 13.2 Å². The number of amides is 1. The van der Waals surface area contributed by atoms with Crippen LogP contribution in [0.2, 0.25) is 0 Å². The third kappa shape index (κ3) is 5.97. The van der Waals surface area contributed by atoms with Crippen molar-refractivity contribution >= 4 is 17.9 Å². The molecule has 1 aliphatic heterocycles. The molecule has 10 heteroatoms. The van der Waals surface area contributed by atoms with Gasteiger partial charge < -0.3 is 4.74 Å². The number of nitrogens with one attached hydrogen (secondary N) is 1. The fraction of sp³-hybridized carbons (Fsp3) is 0.478. The molecule has 0 spiro atoms. The highest BCUT2D eigenvalue weighted by Gasteiger charge is 2.32. The predicted molar refractivity (Wildman–Crippen MR) is 118 cm³/mol. The molecule has 0 unspecified atom stereocenters. The Bertz CT molecular complexity index is 988. The first kappa shape index (κ1) is 23.8. The van der Waals surface area contributed by atoms with Gasteiger partial charge in [-0.1, -0.05) is 11.9 Å². The first-order chi connectivity index (χ1) is 15.7. The van der Waals surface area contributed by atoms with E-state index in [2.05, 4.69) is 14.6 Å². The molecule has 178 valence electrons. The highest BCUT2D eigenvalue weighted by molar-refractivity contribution is 7.97. The van der Waals surface area contributed by atoms with E-state index in [0.29, 0.717) is 38.4 Å². The molecule has 1 saturated carbocycles. The third-order valence-electron chi connectivity index (χ3n) is 5.97. The topological polar surface area (TPSA) is 54.5 Å². The van der Waals surface area contributed by atoms with Crippen LogP contribution in [0.3, 0.4) is 0 Å². The van der Waals surface area contributed by atoms with Crippen molar-refractivity contribution in [2.24, 2.45) is 0 Å². The molecular formula is C23H25F4N3O2S. The molecule has 33 heavy (non-hydrogen) atoms. The zero-order valence-corrected chi connectivity index (χ0v) is 18.9. The van der Waals surface area contributed by atoms with Crippen LogP contribution in [0.5, 0.6) is 5.88 Å². The van der Waals surface area contributed by atoms with Gasteiger partial charge in [0.15, 0.2) is 0 Å². The number of halogens is 4. The van der Waals surface area contributed by atoms with Gasteiger partial charge in [0.1, 0.15) is 11.9 Å². The van der Waals surface area contributed by atoms with Crippen LogP contribution >= 0.6 is 11.9 Å². The number of hydrogen-bond acceptors (Lipinski definition) is 5. The van der Waals surface area contributed by atoms with Crippen LogP contribution in [0.25, 0.3) is 0 Å². The standard InChI is InChI=1S/C23H25F4N3O2S/c1-33-29-22(31)19-11-18(14-2-3-14)15(10-20(19)24)13-30-8-6-17(7-9-30)32-21-5-4-16(12-28-21)23(25,26)27/h4-5,10-12,14,17H,2-3,6-9,13H2,1H3,(H,29,31). The lowest BCUT2D eigenvalue weighted by molar-refractivity contribution is -0.137. The smallest absolute Gasteiger partial charge is 0.417 e. The Morgan fingerprint density at radius 3 is 2.52 bits per heavy atom. The van der Waals surface area contributed by atoms with Crippen LogP contribution in [0.15, 0.2) is 30.5 Å². The largest absolute Gasteiger partial charge is 0.474 e. The number of carbonyl (C=O) groups excluding carboxylic acids is 1. The minimum absolute atomic E-state index is 0.0751. The van der Waals surface area contributed by atoms with Crippen LogP contribution < -0.4 is 9.46 Å². The minimum Gasteiger partial charge on any atom is -0.474 e. The number of pyridine rings is 1. The molecule has 2 fully saturated rings. The molecule has 2 aliphatic rings. The van der Waals surface area contributed by atoms with E-state index >= 15 is 0 Å². The van der Waals surface area contributed by atoms with E-state index < -0.39 is 23.5 Å². The Morgan fingerprint density at radius 2 is 1.94 bits per heavy atom. The van der Waals surface area contributed by atoms with Gasteiger partial charge in [-0.3, -0.25) is 14.4 Å². The van der Waals surface area contributed by atoms with Gasteiger partial charge in [-0.25, -0.2) is 9.37 Å². The van der Waals surface area contributed by atoms with E-state index in [1.54, 1.807) is 12.3 Å². The number of alkyl halides is 3. The SMILES string of the molecule is CSNC(=O)c1cc(C2CC2)c(CN2CCC(Oc3ccc(C(F)(F)F)cn3)CC2)cc1F. The van der Waals surface area contributed by atoms with Crippen molar-refractivity contribution in [2.45, 2.75) is 50.4 Å². The third-order valence-corrected chi connectivity index (χ3v) is 6.35. The molecule has 0 bridgehead atoms. The molecule has 2 heterocycles. The fourth-order valence-corrected chi connectivity index (χ4v) is 4.37. The Balaban J connectivity index is 1.36. The van der Waals surface area contributed by atoms with Gasteiger partial charge in [0.05, 0.1) is 11.1 Å². The highest BCUT2D eigenvalue weighted by Crippen LogP contribution is 2.43. The summed E-state index contributed by atoms with van der Waals surface area (Å²) in [6.45, 7) is 2.01. The molecule has 1 aromatic heterocycles. The summed E-state index contributed by atoms with van der Waals surface area (Å²) in [4.78, 5) is 18.1. The van der Waals surface area contributed by atoms with Gasteiger partial charge in [-0.15, -0.1) is 0 Å². The zero-order valence-electron chi connectivity index (χ0n) is 18.1. The van der Waals surface area contributed by atoms with Crippen molar-refractivity contribution in [3.05, 3.63) is 58.5 Å². The van der Waals surface area contributed by atoms with E-state index in [0.717, 1.165) is 48.2 Å². The maximum absolute atomic E-state index is 14.7. The predicted octanol–water partition coefficient (Wildman–Crippen LogP) is 5.17. The summed E-state index contributed by atoms with van der Waals surface area (Å²) in [5.74, 6) is -0.400. The number of likely N-dealkylation sites (tertiary alicyclic amines) is 1. The number of rotatable bonds is 7. The van der Waals surface area contributed by atoms with E-state index in [4.69, 9.17) is 4.74 Å². The molecule has 0 radical (unpaired) electrons. The zero-order chi connectivity index (χ0) is 23.6. The molecule has 0 atom stereocenters. The van der Waals surface area contributed by atoms with Crippen molar-refractivity contribution < 1.29 is 27.1 Å². The molecule has 2 aromatic rings. The van der Waals surface area contributed by atoms with Gasteiger partial charge >= 0.3 is 6.18 Å². The second-order valence-electron chi connectivity index (χ2n) is 8.42. The van der Waals surface area contributed by atoms with E-state index in [-0.39, 0.29) is 17.5 Å². The molecule has 1 aromatic carbocycles. The fourth-order valence-electron chi connectivity index (χ4n) is 4.08. The molecule has 1 saturated heterocycles. The van der Waals surface area contributed by atoms with Crippen LogP contribution in [0, 0.1) is 5.82 Å². The summed E-state index contributed by atoms with van der Waals surface area (Å²) in [6.07, 6.45) is 1.40. The number of aromatic nitrogens is 1. The Morgan fingerprint density at radius 1 is 1.21 bits per heavy atom. The summed E-state index contributed by atoms with van der Waals surface area (Å²) < 4.78 is 61.0. The molecule has 1 N–H and O–H groups in total. The van der Waals surface area contributed by atoms with Crippen LogP contribution in [-0.4, -0.2) is 41.2 Å². The first-order valence-corrected chi connectivity index (χ1v) is 12.0. The van der Waals surface area contributed by atoms with Crippen molar-refractivity contribution in [3.63, 3.8) is 0 Å². The van der Waals surface area contributed by atoms with Crippen molar-refractivity contribution in [1.82, 2.24) is 14.6 Å². The summed E-state index contributed by atoms with van der Waals surface area (Å²) >= 11 is 1.14. The average Bonchev–Trinajstić information content (AvgIpc) is 3.60. The first-order valence-electron chi connectivity index (χ1n) is 10.8. The summed E-state index contributed by atoms with van der Waals surface area (Å²) in [7, 11) is 0. The van der Waals surface area contributed by atoms with E-state index in [1.807, 2.05) is 0 Å². The lowest BCUT2D eigenvalue weighted by atomic mass is 9.97. The second kappa shape index (κ2) is 9.89. The Labute approximate surface area is 194 Å². The highest BCUT2D eigenvalue weighted by atomic mass is 32.2. The van der Waals surface area contributed by atoms with Gasteiger partial charge in [0, 0.05) is 38.2 Å². The molecule has 1 aliphatic carbocycles. The van der Waals surface area contributed by atoms with Crippen LogP contribution in [-0.2, 0) is 12.7 Å². The van der Waals surface area contributed by atoms with Crippen LogP contribution in [0.4, 0.5) is 17.6 Å². The van der Waals surface area contributed by atoms with Crippen molar-refractivity contribution in [1.29, 1.82) is 0 Å². The Kier molecular flexibility index (Phi) is 7.13. The number of ether oxygens (including phenoxy) is 1. The molecule has 1 amide bonds. The van der Waals surface area contributed by atoms with Gasteiger partial charge in [0.2, 0.25) is 5.88 Å². The summed E-state index contributed by atoms with van der Waals surface area (Å²) in [5, 5.41) is 0. The Hall–Kier alpha value is -2.33. The number of nitrogens with zero attached hydrogens (tertiary/aromatic N) is 2. The maximum Gasteiger partial charge on any atom is 0.417 e. The lowest BCUT2D eigenvalue weighted by Gasteiger charge is -2.32. The monoisotopic (exact) mass is 483 g/mol. The molecule has 4 rings (SSSR count). The van der Waals surface area contributed by atoms with E-state index in [9.17, 15) is 22.4 Å². The summed E-state index contributed by atoms with van der Waals surface area (Å²) in [6, 6.07) is 5.39. The number of hydrogen-bond donors (Lipinski definition) is 1.